The summed E-state index contributed by atoms with van der Waals surface area (Å²) < 4.78 is 56.4. The molecule has 0 radical (unpaired) electrons. The molecule has 2 heterocycles. The van der Waals surface area contributed by atoms with Crippen LogP contribution in [0.5, 0.6) is 5.75 Å². The Kier molecular flexibility index (Phi) is 4.11. The van der Waals surface area contributed by atoms with Crippen molar-refractivity contribution < 1.29 is 27.0 Å². The summed E-state index contributed by atoms with van der Waals surface area (Å²) in [6.07, 6.45) is 0.924. The molecular weight excluding hydrogens is 313 g/mol. The van der Waals surface area contributed by atoms with E-state index in [0.717, 1.165) is 6.07 Å². The topological polar surface area (TPSA) is 65.1 Å². The fraction of sp³-hybridized carbons (Fsp3) is 0.571. The minimum atomic E-state index is -3.82. The SMILES string of the molecule is COc1ccc(F)cc1S(=O)(=O)N1CCC2(CC1)OCCO2. The van der Waals surface area contributed by atoms with E-state index < -0.39 is 21.6 Å². The van der Waals surface area contributed by atoms with Crippen LogP contribution >= 0.6 is 0 Å². The number of sulfonamides is 1. The highest BCUT2D eigenvalue weighted by molar-refractivity contribution is 7.89. The zero-order valence-electron chi connectivity index (χ0n) is 12.2. The summed E-state index contributed by atoms with van der Waals surface area (Å²) >= 11 is 0. The molecule has 0 N–H and O–H groups in total. The molecule has 3 rings (SSSR count). The normalized spacial score (nSPS) is 22.1. The molecule has 0 unspecified atom stereocenters. The minimum Gasteiger partial charge on any atom is -0.495 e. The average Bonchev–Trinajstić information content (AvgIpc) is 2.96. The Bertz CT molecular complexity index is 647. The third-order valence-electron chi connectivity index (χ3n) is 4.04. The molecule has 8 heteroatoms. The van der Waals surface area contributed by atoms with Crippen LogP contribution in [0.2, 0.25) is 0 Å². The molecule has 0 amide bonds. The number of methoxy groups -OCH3 is 1. The van der Waals surface area contributed by atoms with Gasteiger partial charge in [-0.2, -0.15) is 4.31 Å². The van der Waals surface area contributed by atoms with Gasteiger partial charge in [0, 0.05) is 25.9 Å². The lowest BCUT2D eigenvalue weighted by Crippen LogP contribution is -2.47. The number of nitrogens with zero attached hydrogens (tertiary/aromatic N) is 1. The third-order valence-corrected chi connectivity index (χ3v) is 5.96. The van der Waals surface area contributed by atoms with E-state index >= 15 is 0 Å². The number of rotatable bonds is 3. The van der Waals surface area contributed by atoms with E-state index in [-0.39, 0.29) is 23.7 Å². The van der Waals surface area contributed by atoms with Crippen molar-refractivity contribution in [1.82, 2.24) is 4.31 Å². The maximum Gasteiger partial charge on any atom is 0.246 e. The van der Waals surface area contributed by atoms with Gasteiger partial charge in [0.2, 0.25) is 10.0 Å². The quantitative estimate of drug-likeness (QED) is 0.837. The first-order valence-corrected chi connectivity index (χ1v) is 8.52. The summed E-state index contributed by atoms with van der Waals surface area (Å²) in [6.45, 7) is 1.60. The molecule has 0 atom stereocenters. The molecule has 1 spiro atoms. The van der Waals surface area contributed by atoms with Gasteiger partial charge in [-0.05, 0) is 18.2 Å². The number of halogens is 1. The summed E-state index contributed by atoms with van der Waals surface area (Å²) in [7, 11) is -2.46. The third kappa shape index (κ3) is 2.71. The second-order valence-electron chi connectivity index (χ2n) is 5.31. The Balaban J connectivity index is 1.84. The van der Waals surface area contributed by atoms with Gasteiger partial charge in [0.1, 0.15) is 16.5 Å². The molecule has 22 heavy (non-hydrogen) atoms. The van der Waals surface area contributed by atoms with Crippen LogP contribution in [-0.2, 0) is 19.5 Å². The van der Waals surface area contributed by atoms with Crippen LogP contribution < -0.4 is 4.74 Å². The van der Waals surface area contributed by atoms with Crippen LogP contribution in [0.3, 0.4) is 0 Å². The van der Waals surface area contributed by atoms with E-state index in [1.54, 1.807) is 0 Å². The molecule has 1 aromatic rings. The van der Waals surface area contributed by atoms with Crippen molar-refractivity contribution >= 4 is 10.0 Å². The van der Waals surface area contributed by atoms with E-state index in [4.69, 9.17) is 14.2 Å². The molecule has 0 aliphatic carbocycles. The average molecular weight is 331 g/mol. The van der Waals surface area contributed by atoms with E-state index in [1.165, 1.54) is 23.5 Å². The molecule has 2 fully saturated rings. The number of benzene rings is 1. The van der Waals surface area contributed by atoms with Crippen LogP contribution in [0.25, 0.3) is 0 Å². The predicted octanol–water partition coefficient (Wildman–Crippen LogP) is 1.36. The maximum absolute atomic E-state index is 13.4. The fourth-order valence-electron chi connectivity index (χ4n) is 2.84. The first kappa shape index (κ1) is 15.7. The lowest BCUT2D eigenvalue weighted by Gasteiger charge is -2.36. The lowest BCUT2D eigenvalue weighted by molar-refractivity contribution is -0.179. The second kappa shape index (κ2) is 5.77. The van der Waals surface area contributed by atoms with E-state index in [2.05, 4.69) is 0 Å². The van der Waals surface area contributed by atoms with Crippen molar-refractivity contribution in [1.29, 1.82) is 0 Å². The number of hydrogen-bond acceptors (Lipinski definition) is 5. The Morgan fingerprint density at radius 2 is 1.86 bits per heavy atom. The standard InChI is InChI=1S/C14H18FNO5S/c1-19-12-3-2-11(15)10-13(12)22(17,18)16-6-4-14(5-7-16)20-8-9-21-14/h2-3,10H,4-9H2,1H3. The van der Waals surface area contributed by atoms with Gasteiger partial charge in [0.25, 0.3) is 0 Å². The lowest BCUT2D eigenvalue weighted by atomic mass is 10.1. The highest BCUT2D eigenvalue weighted by Gasteiger charge is 2.43. The molecule has 6 nitrogen and oxygen atoms in total. The van der Waals surface area contributed by atoms with Crippen molar-refractivity contribution in [3.05, 3.63) is 24.0 Å². The molecule has 122 valence electrons. The fourth-order valence-corrected chi connectivity index (χ4v) is 4.45. The van der Waals surface area contributed by atoms with Gasteiger partial charge in [-0.3, -0.25) is 0 Å². The van der Waals surface area contributed by atoms with Crippen molar-refractivity contribution in [2.45, 2.75) is 23.5 Å². The number of piperidine rings is 1. The van der Waals surface area contributed by atoms with Gasteiger partial charge in [-0.25, -0.2) is 12.8 Å². The van der Waals surface area contributed by atoms with Crippen molar-refractivity contribution in [3.63, 3.8) is 0 Å². The molecule has 2 aliphatic heterocycles. The van der Waals surface area contributed by atoms with Crippen molar-refractivity contribution in [2.75, 3.05) is 33.4 Å². The Hall–Kier alpha value is -1.22. The number of ether oxygens (including phenoxy) is 3. The molecule has 0 aromatic heterocycles. The first-order valence-electron chi connectivity index (χ1n) is 7.08. The van der Waals surface area contributed by atoms with Crippen LogP contribution in [0.1, 0.15) is 12.8 Å². The van der Waals surface area contributed by atoms with Crippen LogP contribution in [0.15, 0.2) is 23.1 Å². The Morgan fingerprint density at radius 3 is 2.45 bits per heavy atom. The summed E-state index contributed by atoms with van der Waals surface area (Å²) in [4.78, 5) is -0.154. The highest BCUT2D eigenvalue weighted by Crippen LogP contribution is 2.35. The monoisotopic (exact) mass is 331 g/mol. The molecular formula is C14H18FNO5S. The van der Waals surface area contributed by atoms with Crippen LogP contribution in [0, 0.1) is 5.82 Å². The van der Waals surface area contributed by atoms with Gasteiger partial charge in [0.05, 0.1) is 20.3 Å². The summed E-state index contributed by atoms with van der Waals surface area (Å²) in [5.41, 5.74) is 0. The van der Waals surface area contributed by atoms with E-state index in [0.29, 0.717) is 26.1 Å². The van der Waals surface area contributed by atoms with Crippen LogP contribution in [0.4, 0.5) is 4.39 Å². The van der Waals surface area contributed by atoms with Gasteiger partial charge in [0.15, 0.2) is 5.79 Å². The van der Waals surface area contributed by atoms with Gasteiger partial charge in [-0.1, -0.05) is 0 Å². The summed E-state index contributed by atoms with van der Waals surface area (Å²) in [5.74, 6) is -1.14. The van der Waals surface area contributed by atoms with Crippen LogP contribution in [-0.4, -0.2) is 51.9 Å². The molecule has 2 saturated heterocycles. The van der Waals surface area contributed by atoms with Crippen molar-refractivity contribution in [2.24, 2.45) is 0 Å². The molecule has 2 aliphatic rings. The van der Waals surface area contributed by atoms with Gasteiger partial charge in [-0.15, -0.1) is 0 Å². The van der Waals surface area contributed by atoms with E-state index in [1.807, 2.05) is 0 Å². The summed E-state index contributed by atoms with van der Waals surface area (Å²) in [5, 5.41) is 0. The minimum absolute atomic E-state index is 0.134. The zero-order valence-corrected chi connectivity index (χ0v) is 13.1. The maximum atomic E-state index is 13.4. The molecule has 1 aromatic carbocycles. The van der Waals surface area contributed by atoms with Crippen molar-refractivity contribution in [3.8, 4) is 5.75 Å². The van der Waals surface area contributed by atoms with Gasteiger partial charge >= 0.3 is 0 Å². The largest absolute Gasteiger partial charge is 0.495 e. The summed E-state index contributed by atoms with van der Waals surface area (Å²) in [6, 6.07) is 3.47. The molecule has 0 bridgehead atoms. The predicted molar refractivity (Wildman–Crippen MR) is 75.6 cm³/mol. The van der Waals surface area contributed by atoms with Gasteiger partial charge < -0.3 is 14.2 Å². The highest BCUT2D eigenvalue weighted by atomic mass is 32.2. The molecule has 0 saturated carbocycles. The first-order chi connectivity index (χ1) is 10.5. The Labute approximate surface area is 128 Å². The smallest absolute Gasteiger partial charge is 0.246 e. The Morgan fingerprint density at radius 1 is 1.23 bits per heavy atom. The number of hydrogen-bond donors (Lipinski definition) is 0. The zero-order chi connectivity index (χ0) is 15.8. The second-order valence-corrected chi connectivity index (χ2v) is 7.21. The van der Waals surface area contributed by atoms with E-state index in [9.17, 15) is 12.8 Å².